The molecule has 23 heavy (non-hydrogen) atoms. The molecule has 4 nitrogen and oxygen atoms in total. The van der Waals surface area contributed by atoms with Gasteiger partial charge in [0, 0.05) is 0 Å². The molecule has 134 valence electrons. The zero-order valence-electron chi connectivity index (χ0n) is 15.1. The van der Waals surface area contributed by atoms with Gasteiger partial charge in [-0.1, -0.05) is 52.4 Å². The third kappa shape index (κ3) is 8.38. The summed E-state index contributed by atoms with van der Waals surface area (Å²) in [6, 6.07) is 0. The van der Waals surface area contributed by atoms with Crippen LogP contribution in [0.4, 0.5) is 0 Å². The van der Waals surface area contributed by atoms with Crippen LogP contribution in [0.2, 0.25) is 0 Å². The lowest BCUT2D eigenvalue weighted by atomic mass is 9.81. The van der Waals surface area contributed by atoms with Gasteiger partial charge in [0.1, 0.15) is 0 Å². The van der Waals surface area contributed by atoms with Crippen molar-refractivity contribution in [3.63, 3.8) is 0 Å². The van der Waals surface area contributed by atoms with Gasteiger partial charge in [-0.2, -0.15) is 0 Å². The molecule has 4 heteroatoms. The molecule has 0 heterocycles. The Morgan fingerprint density at radius 1 is 0.957 bits per heavy atom. The summed E-state index contributed by atoms with van der Waals surface area (Å²) in [6.45, 7) is 5.04. The van der Waals surface area contributed by atoms with E-state index in [4.69, 9.17) is 9.47 Å². The van der Waals surface area contributed by atoms with Crippen LogP contribution in [0.1, 0.15) is 78.1 Å². The molecule has 1 fully saturated rings. The highest BCUT2D eigenvalue weighted by atomic mass is 16.5. The molecule has 1 aliphatic rings. The van der Waals surface area contributed by atoms with E-state index < -0.39 is 0 Å². The van der Waals surface area contributed by atoms with E-state index in [1.54, 1.807) is 0 Å². The predicted molar refractivity (Wildman–Crippen MR) is 91.0 cm³/mol. The number of hydrogen-bond donors (Lipinski definition) is 0. The van der Waals surface area contributed by atoms with Crippen LogP contribution in [0.5, 0.6) is 0 Å². The van der Waals surface area contributed by atoms with Crippen molar-refractivity contribution in [2.45, 2.75) is 78.1 Å². The maximum atomic E-state index is 12.1. The molecule has 0 amide bonds. The second-order valence-electron chi connectivity index (χ2n) is 7.20. The molecule has 0 bridgehead atoms. The molecular formula is C19H34O4. The highest BCUT2D eigenvalue weighted by molar-refractivity contribution is 5.76. The van der Waals surface area contributed by atoms with Crippen molar-refractivity contribution in [2.75, 3.05) is 13.7 Å². The Bertz CT molecular complexity index is 351. The maximum Gasteiger partial charge on any atom is 0.308 e. The van der Waals surface area contributed by atoms with Gasteiger partial charge in [-0.25, -0.2) is 0 Å². The van der Waals surface area contributed by atoms with Crippen LogP contribution in [-0.4, -0.2) is 25.7 Å². The van der Waals surface area contributed by atoms with E-state index >= 15 is 0 Å². The van der Waals surface area contributed by atoms with E-state index in [2.05, 4.69) is 13.8 Å². The van der Waals surface area contributed by atoms with Crippen molar-refractivity contribution in [3.05, 3.63) is 0 Å². The van der Waals surface area contributed by atoms with E-state index in [1.165, 1.54) is 32.8 Å². The molecule has 0 aromatic carbocycles. The van der Waals surface area contributed by atoms with E-state index in [0.717, 1.165) is 38.0 Å². The topological polar surface area (TPSA) is 52.6 Å². The molecule has 0 spiro atoms. The summed E-state index contributed by atoms with van der Waals surface area (Å²) in [6.07, 6.45) is 10.3. The minimum Gasteiger partial charge on any atom is -0.469 e. The lowest BCUT2D eigenvalue weighted by Crippen LogP contribution is -2.29. The van der Waals surface area contributed by atoms with Gasteiger partial charge in [-0.15, -0.1) is 0 Å². The van der Waals surface area contributed by atoms with E-state index in [1.807, 2.05) is 0 Å². The second kappa shape index (κ2) is 11.5. The number of methoxy groups -OCH3 is 1. The van der Waals surface area contributed by atoms with Gasteiger partial charge >= 0.3 is 11.9 Å². The lowest BCUT2D eigenvalue weighted by Gasteiger charge is -2.25. The molecule has 0 aliphatic heterocycles. The Labute approximate surface area is 141 Å². The molecule has 0 N–H and O–H groups in total. The van der Waals surface area contributed by atoms with Gasteiger partial charge in [0.25, 0.3) is 0 Å². The number of ether oxygens (including phenoxy) is 2. The fraction of sp³-hybridized carbons (Fsp3) is 0.895. The Hall–Kier alpha value is -1.06. The van der Waals surface area contributed by atoms with Crippen LogP contribution in [0.3, 0.4) is 0 Å². The molecule has 2 atom stereocenters. The maximum absolute atomic E-state index is 12.1. The fourth-order valence-electron chi connectivity index (χ4n) is 3.26. The van der Waals surface area contributed by atoms with Gasteiger partial charge in [-0.3, -0.25) is 9.59 Å². The van der Waals surface area contributed by atoms with Crippen molar-refractivity contribution < 1.29 is 19.1 Å². The Morgan fingerprint density at radius 3 is 2.22 bits per heavy atom. The number of hydrogen-bond acceptors (Lipinski definition) is 4. The van der Waals surface area contributed by atoms with Crippen LogP contribution in [-0.2, 0) is 19.1 Å². The van der Waals surface area contributed by atoms with E-state index in [-0.39, 0.29) is 23.8 Å². The first kappa shape index (κ1) is 20.0. The number of esters is 2. The van der Waals surface area contributed by atoms with Crippen molar-refractivity contribution in [1.82, 2.24) is 0 Å². The molecule has 0 saturated heterocycles. The van der Waals surface area contributed by atoms with Crippen LogP contribution in [0.15, 0.2) is 0 Å². The molecule has 0 radical (unpaired) electrons. The third-order valence-corrected chi connectivity index (χ3v) is 4.71. The quantitative estimate of drug-likeness (QED) is 0.438. The number of unbranched alkanes of at least 4 members (excludes halogenated alkanes) is 4. The number of carbonyl (C=O) groups is 2. The van der Waals surface area contributed by atoms with Crippen LogP contribution in [0, 0.1) is 17.8 Å². The minimum absolute atomic E-state index is 0.126. The Kier molecular flexibility index (Phi) is 9.97. The number of rotatable bonds is 10. The SMILES string of the molecule is COC(=O)C1CCCC(C(=O)OCCCCCCCC(C)C)C1. The fourth-order valence-corrected chi connectivity index (χ4v) is 3.26. The van der Waals surface area contributed by atoms with Gasteiger partial charge < -0.3 is 9.47 Å². The predicted octanol–water partition coefficient (Wildman–Crippen LogP) is 4.51. The Morgan fingerprint density at radius 2 is 1.57 bits per heavy atom. The zero-order valence-corrected chi connectivity index (χ0v) is 15.1. The molecule has 0 aromatic heterocycles. The second-order valence-corrected chi connectivity index (χ2v) is 7.20. The normalized spacial score (nSPS) is 21.2. The molecule has 0 aromatic rings. The van der Waals surface area contributed by atoms with Gasteiger partial charge in [0.2, 0.25) is 0 Å². The first-order valence-corrected chi connectivity index (χ1v) is 9.29. The minimum atomic E-state index is -0.191. The standard InChI is InChI=1S/C19H34O4/c1-15(2)10-7-5-4-6-8-13-23-19(21)17-12-9-11-16(14-17)18(20)22-3/h15-17H,4-14H2,1-3H3. The van der Waals surface area contributed by atoms with Crippen LogP contribution in [0.25, 0.3) is 0 Å². The Balaban J connectivity index is 2.08. The van der Waals surface area contributed by atoms with Gasteiger partial charge in [0.15, 0.2) is 0 Å². The van der Waals surface area contributed by atoms with Crippen LogP contribution >= 0.6 is 0 Å². The first-order valence-electron chi connectivity index (χ1n) is 9.29. The van der Waals surface area contributed by atoms with E-state index in [0.29, 0.717) is 13.0 Å². The molecular weight excluding hydrogens is 292 g/mol. The van der Waals surface area contributed by atoms with Crippen molar-refractivity contribution in [3.8, 4) is 0 Å². The summed E-state index contributed by atoms with van der Waals surface area (Å²) >= 11 is 0. The zero-order chi connectivity index (χ0) is 17.1. The van der Waals surface area contributed by atoms with Gasteiger partial charge in [-0.05, 0) is 31.6 Å². The summed E-state index contributed by atoms with van der Waals surface area (Å²) in [5.41, 5.74) is 0. The largest absolute Gasteiger partial charge is 0.469 e. The van der Waals surface area contributed by atoms with Crippen molar-refractivity contribution >= 4 is 11.9 Å². The third-order valence-electron chi connectivity index (χ3n) is 4.71. The number of carbonyl (C=O) groups excluding carboxylic acids is 2. The molecule has 1 rings (SSSR count). The lowest BCUT2D eigenvalue weighted by molar-refractivity contribution is -0.153. The summed E-state index contributed by atoms with van der Waals surface area (Å²) < 4.78 is 10.2. The average Bonchev–Trinajstić information content (AvgIpc) is 2.56. The molecule has 1 aliphatic carbocycles. The molecule has 2 unspecified atom stereocenters. The highest BCUT2D eigenvalue weighted by Gasteiger charge is 2.32. The summed E-state index contributed by atoms with van der Waals surface area (Å²) in [4.78, 5) is 23.7. The highest BCUT2D eigenvalue weighted by Crippen LogP contribution is 2.30. The summed E-state index contributed by atoms with van der Waals surface area (Å²) in [5, 5.41) is 0. The first-order chi connectivity index (χ1) is 11.0. The van der Waals surface area contributed by atoms with Gasteiger partial charge in [0.05, 0.1) is 25.6 Å². The molecule has 1 saturated carbocycles. The monoisotopic (exact) mass is 326 g/mol. The van der Waals surface area contributed by atoms with E-state index in [9.17, 15) is 9.59 Å². The smallest absolute Gasteiger partial charge is 0.308 e. The summed E-state index contributed by atoms with van der Waals surface area (Å²) in [7, 11) is 1.41. The van der Waals surface area contributed by atoms with Crippen LogP contribution < -0.4 is 0 Å². The van der Waals surface area contributed by atoms with Crippen molar-refractivity contribution in [2.24, 2.45) is 17.8 Å². The van der Waals surface area contributed by atoms with Crippen molar-refractivity contribution in [1.29, 1.82) is 0 Å². The summed E-state index contributed by atoms with van der Waals surface area (Å²) in [5.74, 6) is 0.216. The average molecular weight is 326 g/mol.